The van der Waals surface area contributed by atoms with Crippen molar-refractivity contribution in [3.8, 4) is 11.1 Å². The standard InChI is InChI=1S/C34H37N5O7S/c1-18(37-33(44)45-16-24-21-11-7-5-9-19(21)20-10-6-8-12-22(20)24)31(42)36-15-25-23(32(43)39-25)13-27(40)30(35)26-17-47-28(38-26)14-29(41)46-34(2,3)4/h5-12,17-18,23-25,35H,13-16H2,1-4H3,(H,36,42)(H,37,44)(H,39,43)/t18-,23+,25-/m1/s1. The molecule has 4 N–H and O–H groups in total. The second kappa shape index (κ2) is 13.8. The number of fused-ring (bicyclic) bond motifs is 3. The molecule has 0 unspecified atom stereocenters. The van der Waals surface area contributed by atoms with E-state index in [2.05, 4.69) is 20.9 Å². The number of hydrogen-bond acceptors (Lipinski definition) is 10. The number of nitrogens with zero attached hydrogens (tertiary/aromatic N) is 1. The van der Waals surface area contributed by atoms with E-state index in [-0.39, 0.29) is 49.2 Å². The van der Waals surface area contributed by atoms with Crippen LogP contribution in [0.4, 0.5) is 4.79 Å². The number of carbonyl (C=O) groups is 5. The molecule has 3 aromatic rings. The summed E-state index contributed by atoms with van der Waals surface area (Å²) in [5, 5.41) is 18.1. The van der Waals surface area contributed by atoms with Crippen molar-refractivity contribution in [3.63, 3.8) is 0 Å². The molecule has 246 valence electrons. The number of Topliss-reactive ketones (excluding diaryl/α,β-unsaturated/α-hetero) is 1. The minimum atomic E-state index is -0.922. The fourth-order valence-corrected chi connectivity index (χ4v) is 6.37. The molecule has 0 radical (unpaired) electrons. The maximum Gasteiger partial charge on any atom is 0.407 e. The van der Waals surface area contributed by atoms with Gasteiger partial charge in [-0.1, -0.05) is 48.5 Å². The summed E-state index contributed by atoms with van der Waals surface area (Å²) >= 11 is 1.14. The number of alkyl carbamates (subject to hydrolysis) is 1. The van der Waals surface area contributed by atoms with Crippen LogP contribution < -0.4 is 16.0 Å². The van der Waals surface area contributed by atoms with Gasteiger partial charge >= 0.3 is 12.1 Å². The van der Waals surface area contributed by atoms with Gasteiger partial charge in [-0.15, -0.1) is 11.3 Å². The van der Waals surface area contributed by atoms with Gasteiger partial charge in [0.25, 0.3) is 0 Å². The van der Waals surface area contributed by atoms with Crippen LogP contribution in [-0.2, 0) is 35.1 Å². The largest absolute Gasteiger partial charge is 0.460 e. The summed E-state index contributed by atoms with van der Waals surface area (Å²) in [4.78, 5) is 66.7. The van der Waals surface area contributed by atoms with E-state index in [1.165, 1.54) is 12.3 Å². The smallest absolute Gasteiger partial charge is 0.407 e. The zero-order chi connectivity index (χ0) is 33.9. The Morgan fingerprint density at radius 3 is 2.30 bits per heavy atom. The maximum absolute atomic E-state index is 12.8. The van der Waals surface area contributed by atoms with Crippen molar-refractivity contribution in [2.75, 3.05) is 13.2 Å². The van der Waals surface area contributed by atoms with Crippen LogP contribution in [0.2, 0.25) is 0 Å². The second-order valence-electron chi connectivity index (χ2n) is 12.6. The van der Waals surface area contributed by atoms with E-state index >= 15 is 0 Å². The van der Waals surface area contributed by atoms with Gasteiger partial charge in [-0.2, -0.15) is 0 Å². The summed E-state index contributed by atoms with van der Waals surface area (Å²) in [6.07, 6.45) is -1.05. The van der Waals surface area contributed by atoms with Crippen molar-refractivity contribution in [2.24, 2.45) is 5.92 Å². The van der Waals surface area contributed by atoms with Crippen LogP contribution in [0.15, 0.2) is 53.9 Å². The molecule has 1 fully saturated rings. The van der Waals surface area contributed by atoms with Crippen LogP contribution in [0, 0.1) is 11.3 Å². The lowest BCUT2D eigenvalue weighted by Gasteiger charge is -2.36. The predicted molar refractivity (Wildman–Crippen MR) is 174 cm³/mol. The van der Waals surface area contributed by atoms with E-state index in [9.17, 15) is 24.0 Å². The fourth-order valence-electron chi connectivity index (χ4n) is 5.60. The molecule has 5 rings (SSSR count). The number of amides is 3. The van der Waals surface area contributed by atoms with Gasteiger partial charge in [-0.05, 0) is 49.9 Å². The maximum atomic E-state index is 12.8. The summed E-state index contributed by atoms with van der Waals surface area (Å²) in [6.45, 7) is 6.93. The molecule has 1 aliphatic carbocycles. The van der Waals surface area contributed by atoms with Gasteiger partial charge in [-0.3, -0.25) is 24.6 Å². The third kappa shape index (κ3) is 7.91. The number of carbonyl (C=O) groups excluding carboxylic acids is 5. The number of nitrogens with one attached hydrogen (secondary N) is 4. The van der Waals surface area contributed by atoms with E-state index in [4.69, 9.17) is 14.9 Å². The SMILES string of the molecule is C[C@@H](NC(=O)OCC1c2ccccc2-c2ccccc21)C(=O)NC[C@H]1NC(=O)[C@H]1CC(=O)C(=N)c1csc(CC(=O)OC(C)(C)C)n1. The molecule has 2 aliphatic rings. The Morgan fingerprint density at radius 2 is 1.68 bits per heavy atom. The highest BCUT2D eigenvalue weighted by molar-refractivity contribution is 7.10. The molecule has 0 bridgehead atoms. The molecule has 12 nitrogen and oxygen atoms in total. The number of aromatic nitrogens is 1. The molecule has 3 amide bonds. The van der Waals surface area contributed by atoms with Crippen molar-refractivity contribution in [2.45, 2.75) is 64.1 Å². The number of ether oxygens (including phenoxy) is 2. The van der Waals surface area contributed by atoms with Gasteiger partial charge < -0.3 is 25.4 Å². The summed E-state index contributed by atoms with van der Waals surface area (Å²) < 4.78 is 10.8. The van der Waals surface area contributed by atoms with Gasteiger partial charge in [0.2, 0.25) is 11.8 Å². The molecule has 1 aliphatic heterocycles. The molecule has 1 saturated heterocycles. The van der Waals surface area contributed by atoms with E-state index in [1.807, 2.05) is 48.5 Å². The van der Waals surface area contributed by atoms with Crippen molar-refractivity contribution in [3.05, 3.63) is 75.7 Å². The Morgan fingerprint density at radius 1 is 1.04 bits per heavy atom. The van der Waals surface area contributed by atoms with E-state index in [1.54, 1.807) is 20.8 Å². The van der Waals surface area contributed by atoms with Crippen LogP contribution in [0.25, 0.3) is 11.1 Å². The molecule has 0 spiro atoms. The van der Waals surface area contributed by atoms with Gasteiger partial charge in [-0.25, -0.2) is 9.78 Å². The van der Waals surface area contributed by atoms with Crippen molar-refractivity contribution in [1.82, 2.24) is 20.9 Å². The summed E-state index contributed by atoms with van der Waals surface area (Å²) in [5.41, 5.74) is 3.49. The van der Waals surface area contributed by atoms with Crippen LogP contribution >= 0.6 is 11.3 Å². The highest BCUT2D eigenvalue weighted by Gasteiger charge is 2.41. The molecule has 47 heavy (non-hydrogen) atoms. The Balaban J connectivity index is 1.06. The van der Waals surface area contributed by atoms with Crippen LogP contribution in [0.1, 0.15) is 61.9 Å². The summed E-state index contributed by atoms with van der Waals surface area (Å²) in [7, 11) is 0. The van der Waals surface area contributed by atoms with Crippen LogP contribution in [0.5, 0.6) is 0 Å². The van der Waals surface area contributed by atoms with Gasteiger partial charge in [0.05, 0.1) is 18.4 Å². The third-order valence-corrected chi connectivity index (χ3v) is 8.77. The van der Waals surface area contributed by atoms with Gasteiger partial charge in [0.1, 0.15) is 34.7 Å². The van der Waals surface area contributed by atoms with E-state index < -0.39 is 47.4 Å². The first-order valence-electron chi connectivity index (χ1n) is 15.3. The number of benzene rings is 2. The Bertz CT molecular complexity index is 1680. The number of thiazole rings is 1. The average Bonchev–Trinajstić information content (AvgIpc) is 3.61. The monoisotopic (exact) mass is 659 g/mol. The Labute approximate surface area is 276 Å². The first-order valence-corrected chi connectivity index (χ1v) is 16.2. The van der Waals surface area contributed by atoms with Crippen molar-refractivity contribution in [1.29, 1.82) is 5.41 Å². The topological polar surface area (TPSA) is 177 Å². The van der Waals surface area contributed by atoms with Crippen molar-refractivity contribution >= 4 is 46.7 Å². The highest BCUT2D eigenvalue weighted by Crippen LogP contribution is 2.44. The third-order valence-electron chi connectivity index (χ3n) is 7.93. The first kappa shape index (κ1) is 33.5. The minimum absolute atomic E-state index is 0.0311. The number of rotatable bonds is 12. The lowest BCUT2D eigenvalue weighted by atomic mass is 9.84. The Kier molecular flexibility index (Phi) is 9.85. The normalized spacial score (nSPS) is 17.3. The highest BCUT2D eigenvalue weighted by atomic mass is 32.1. The molecular formula is C34H37N5O7S. The van der Waals surface area contributed by atoms with Crippen molar-refractivity contribution < 1.29 is 33.4 Å². The Hall–Kier alpha value is -4.91. The van der Waals surface area contributed by atoms with Gasteiger partial charge in [0.15, 0.2) is 5.78 Å². The molecular weight excluding hydrogens is 622 g/mol. The molecule has 2 heterocycles. The summed E-state index contributed by atoms with van der Waals surface area (Å²) in [5.74, 6) is -2.75. The number of hydrogen-bond donors (Lipinski definition) is 4. The van der Waals surface area contributed by atoms with Crippen LogP contribution in [-0.4, -0.2) is 71.2 Å². The fraction of sp³-hybridized carbons (Fsp3) is 0.382. The quantitative estimate of drug-likeness (QED) is 0.130. The second-order valence-corrected chi connectivity index (χ2v) is 13.5. The molecule has 0 saturated carbocycles. The lowest BCUT2D eigenvalue weighted by Crippen LogP contribution is -2.63. The van der Waals surface area contributed by atoms with E-state index in [0.29, 0.717) is 5.01 Å². The summed E-state index contributed by atoms with van der Waals surface area (Å²) in [6, 6.07) is 14.5. The zero-order valence-corrected chi connectivity index (χ0v) is 27.4. The predicted octanol–water partition coefficient (Wildman–Crippen LogP) is 3.51. The molecule has 2 aromatic carbocycles. The lowest BCUT2D eigenvalue weighted by molar-refractivity contribution is -0.154. The zero-order valence-electron chi connectivity index (χ0n) is 26.5. The van der Waals surface area contributed by atoms with Crippen LogP contribution in [0.3, 0.4) is 0 Å². The molecule has 3 atom stereocenters. The minimum Gasteiger partial charge on any atom is -0.460 e. The number of β-lactam (4-membered cyclic amide) rings is 1. The number of ketones is 1. The van der Waals surface area contributed by atoms with Gasteiger partial charge in [0, 0.05) is 24.3 Å². The average molecular weight is 660 g/mol. The first-order chi connectivity index (χ1) is 22.3. The molecule has 13 heteroatoms. The molecule has 1 aromatic heterocycles. The number of esters is 1. The van der Waals surface area contributed by atoms with E-state index in [0.717, 1.165) is 33.6 Å².